The quantitative estimate of drug-likeness (QED) is 0.483. The Morgan fingerprint density at radius 2 is 1.83 bits per heavy atom. The van der Waals surface area contributed by atoms with Crippen molar-refractivity contribution in [3.63, 3.8) is 0 Å². The summed E-state index contributed by atoms with van der Waals surface area (Å²) >= 11 is 0. The second kappa shape index (κ2) is 8.34. The van der Waals surface area contributed by atoms with Gasteiger partial charge in [0.05, 0.1) is 24.3 Å². The molecule has 154 valence electrons. The van der Waals surface area contributed by atoms with Crippen molar-refractivity contribution in [2.75, 3.05) is 13.1 Å². The van der Waals surface area contributed by atoms with Gasteiger partial charge in [0.15, 0.2) is 5.76 Å². The SMILES string of the molecule is OCc1ccc(-c2c(-c3ccccc3)ncn2C[C@H](c2ccco2)N2CCCC2)o1. The Labute approximate surface area is 175 Å². The molecule has 0 saturated carbocycles. The van der Waals surface area contributed by atoms with Crippen molar-refractivity contribution in [3.8, 4) is 22.7 Å². The lowest BCUT2D eigenvalue weighted by atomic mass is 10.1. The Kier molecular flexibility index (Phi) is 5.26. The maximum atomic E-state index is 9.48. The molecule has 1 aromatic carbocycles. The second-order valence-electron chi connectivity index (χ2n) is 7.66. The van der Waals surface area contributed by atoms with Gasteiger partial charge in [0, 0.05) is 12.1 Å². The Morgan fingerprint density at radius 1 is 1.00 bits per heavy atom. The van der Waals surface area contributed by atoms with Crippen molar-refractivity contribution >= 4 is 0 Å². The third-order valence-electron chi connectivity index (χ3n) is 5.76. The molecule has 1 saturated heterocycles. The summed E-state index contributed by atoms with van der Waals surface area (Å²) in [4.78, 5) is 7.23. The van der Waals surface area contributed by atoms with Crippen molar-refractivity contribution in [3.05, 3.63) is 78.7 Å². The molecule has 5 rings (SSSR count). The molecule has 0 spiro atoms. The Morgan fingerprint density at radius 3 is 2.53 bits per heavy atom. The standard InChI is InChI=1S/C24H25N3O3/c28-16-19-10-11-22(30-19)24-23(18-7-2-1-3-8-18)25-17-27(24)15-20(21-9-6-14-29-21)26-12-4-5-13-26/h1-3,6-11,14,17,20,28H,4-5,12-13,15-16H2/t20-/m1/s1. The van der Waals surface area contributed by atoms with Gasteiger partial charge in [0.25, 0.3) is 0 Å². The molecule has 0 aliphatic carbocycles. The van der Waals surface area contributed by atoms with Crippen LogP contribution in [0, 0.1) is 0 Å². The number of aliphatic hydroxyl groups is 1. The van der Waals surface area contributed by atoms with Gasteiger partial charge in [-0.15, -0.1) is 0 Å². The summed E-state index contributed by atoms with van der Waals surface area (Å²) in [5, 5.41) is 9.48. The van der Waals surface area contributed by atoms with Crippen LogP contribution in [0.4, 0.5) is 0 Å². The van der Waals surface area contributed by atoms with Gasteiger partial charge < -0.3 is 18.5 Å². The van der Waals surface area contributed by atoms with Crippen LogP contribution < -0.4 is 0 Å². The fourth-order valence-electron chi connectivity index (χ4n) is 4.28. The zero-order valence-electron chi connectivity index (χ0n) is 16.8. The number of furan rings is 2. The van der Waals surface area contributed by atoms with Gasteiger partial charge in [0.1, 0.15) is 23.8 Å². The molecular weight excluding hydrogens is 378 g/mol. The molecule has 3 aromatic heterocycles. The second-order valence-corrected chi connectivity index (χ2v) is 7.66. The maximum Gasteiger partial charge on any atom is 0.153 e. The predicted octanol–water partition coefficient (Wildman–Crippen LogP) is 4.73. The van der Waals surface area contributed by atoms with E-state index in [4.69, 9.17) is 13.8 Å². The first-order chi connectivity index (χ1) is 14.8. The van der Waals surface area contributed by atoms with Crippen molar-refractivity contribution < 1.29 is 13.9 Å². The first kappa shape index (κ1) is 18.9. The number of aromatic nitrogens is 2. The minimum atomic E-state index is -0.127. The zero-order valence-corrected chi connectivity index (χ0v) is 16.8. The van der Waals surface area contributed by atoms with Gasteiger partial charge in [0.2, 0.25) is 0 Å². The fourth-order valence-corrected chi connectivity index (χ4v) is 4.28. The van der Waals surface area contributed by atoms with E-state index in [9.17, 15) is 5.11 Å². The van der Waals surface area contributed by atoms with Crippen LogP contribution in [-0.2, 0) is 13.2 Å². The van der Waals surface area contributed by atoms with Crippen LogP contribution >= 0.6 is 0 Å². The lowest BCUT2D eigenvalue weighted by Gasteiger charge is -2.26. The van der Waals surface area contributed by atoms with E-state index in [1.54, 1.807) is 6.26 Å². The van der Waals surface area contributed by atoms with Crippen LogP contribution in [0.5, 0.6) is 0 Å². The highest BCUT2D eigenvalue weighted by molar-refractivity contribution is 5.76. The van der Waals surface area contributed by atoms with Gasteiger partial charge in [-0.2, -0.15) is 0 Å². The van der Waals surface area contributed by atoms with Gasteiger partial charge in [-0.1, -0.05) is 30.3 Å². The lowest BCUT2D eigenvalue weighted by molar-refractivity contribution is 0.194. The molecule has 0 unspecified atom stereocenters. The highest BCUT2D eigenvalue weighted by Gasteiger charge is 2.28. The minimum absolute atomic E-state index is 0.127. The molecule has 30 heavy (non-hydrogen) atoms. The Balaban J connectivity index is 1.58. The number of imidazole rings is 1. The van der Waals surface area contributed by atoms with E-state index in [0.717, 1.165) is 35.8 Å². The van der Waals surface area contributed by atoms with Crippen molar-refractivity contribution in [1.82, 2.24) is 14.5 Å². The molecule has 0 bridgehead atoms. The lowest BCUT2D eigenvalue weighted by Crippen LogP contribution is -2.29. The van der Waals surface area contributed by atoms with Crippen LogP contribution in [-0.4, -0.2) is 32.6 Å². The van der Waals surface area contributed by atoms with Gasteiger partial charge in [-0.05, 0) is 50.2 Å². The van der Waals surface area contributed by atoms with Crippen molar-refractivity contribution in [2.24, 2.45) is 0 Å². The van der Waals surface area contributed by atoms with Crippen molar-refractivity contribution in [1.29, 1.82) is 0 Å². The molecule has 1 atom stereocenters. The smallest absolute Gasteiger partial charge is 0.153 e. The molecular formula is C24H25N3O3. The molecule has 1 fully saturated rings. The number of rotatable bonds is 7. The van der Waals surface area contributed by atoms with E-state index in [1.165, 1.54) is 12.8 Å². The molecule has 1 aliphatic heterocycles. The Hall–Kier alpha value is -3.09. The largest absolute Gasteiger partial charge is 0.468 e. The average Bonchev–Trinajstić information content (AvgIpc) is 3.59. The van der Waals surface area contributed by atoms with E-state index in [1.807, 2.05) is 42.7 Å². The normalized spacial score (nSPS) is 15.6. The summed E-state index contributed by atoms with van der Waals surface area (Å²) in [6, 6.07) is 18.0. The number of nitrogens with zero attached hydrogens (tertiary/aromatic N) is 3. The highest BCUT2D eigenvalue weighted by atomic mass is 16.4. The Bertz CT molecular complexity index is 1080. The van der Waals surface area contributed by atoms with Crippen LogP contribution in [0.3, 0.4) is 0 Å². The van der Waals surface area contributed by atoms with Crippen LogP contribution in [0.1, 0.15) is 30.4 Å². The third-order valence-corrected chi connectivity index (χ3v) is 5.76. The first-order valence-corrected chi connectivity index (χ1v) is 10.4. The van der Waals surface area contributed by atoms with Crippen molar-refractivity contribution in [2.45, 2.75) is 32.0 Å². The monoisotopic (exact) mass is 403 g/mol. The molecule has 0 amide bonds. The highest BCUT2D eigenvalue weighted by Crippen LogP contribution is 2.35. The summed E-state index contributed by atoms with van der Waals surface area (Å²) in [6.45, 7) is 2.71. The number of hydrogen-bond acceptors (Lipinski definition) is 5. The molecule has 0 radical (unpaired) electrons. The summed E-state index contributed by atoms with van der Waals surface area (Å²) in [5.74, 6) is 2.21. The summed E-state index contributed by atoms with van der Waals surface area (Å²) in [5.41, 5.74) is 2.81. The molecule has 6 nitrogen and oxygen atoms in total. The number of likely N-dealkylation sites (tertiary alicyclic amines) is 1. The average molecular weight is 403 g/mol. The minimum Gasteiger partial charge on any atom is -0.468 e. The molecule has 4 aromatic rings. The number of benzene rings is 1. The van der Waals surface area contributed by atoms with E-state index in [2.05, 4.69) is 27.7 Å². The molecule has 1 N–H and O–H groups in total. The number of hydrogen-bond donors (Lipinski definition) is 1. The molecule has 4 heterocycles. The third kappa shape index (κ3) is 3.60. The molecule has 1 aliphatic rings. The van der Waals surface area contributed by atoms with Crippen LogP contribution in [0.2, 0.25) is 0 Å². The van der Waals surface area contributed by atoms with Crippen LogP contribution in [0.25, 0.3) is 22.7 Å². The summed E-state index contributed by atoms with van der Waals surface area (Å²) in [7, 11) is 0. The maximum absolute atomic E-state index is 9.48. The summed E-state index contributed by atoms with van der Waals surface area (Å²) in [6.07, 6.45) is 6.04. The van der Waals surface area contributed by atoms with E-state index >= 15 is 0 Å². The zero-order chi connectivity index (χ0) is 20.3. The van der Waals surface area contributed by atoms with E-state index in [-0.39, 0.29) is 12.6 Å². The first-order valence-electron chi connectivity index (χ1n) is 10.4. The fraction of sp³-hybridized carbons (Fsp3) is 0.292. The van der Waals surface area contributed by atoms with Crippen LogP contribution in [0.15, 0.2) is 76.0 Å². The molecule has 6 heteroatoms. The number of aliphatic hydroxyl groups excluding tert-OH is 1. The van der Waals surface area contributed by atoms with Gasteiger partial charge >= 0.3 is 0 Å². The summed E-state index contributed by atoms with van der Waals surface area (Å²) < 4.78 is 13.9. The van der Waals surface area contributed by atoms with E-state index in [0.29, 0.717) is 18.1 Å². The van der Waals surface area contributed by atoms with E-state index < -0.39 is 0 Å². The predicted molar refractivity (Wildman–Crippen MR) is 114 cm³/mol. The van der Waals surface area contributed by atoms with Gasteiger partial charge in [-0.3, -0.25) is 4.90 Å². The van der Waals surface area contributed by atoms with Gasteiger partial charge in [-0.25, -0.2) is 4.98 Å². The topological polar surface area (TPSA) is 67.6 Å².